The van der Waals surface area contributed by atoms with E-state index < -0.39 is 0 Å². The number of para-hydroxylation sites is 1. The van der Waals surface area contributed by atoms with E-state index in [2.05, 4.69) is 12.2 Å². The summed E-state index contributed by atoms with van der Waals surface area (Å²) in [4.78, 5) is 12.9. The molecule has 0 radical (unpaired) electrons. The lowest BCUT2D eigenvalue weighted by Gasteiger charge is -2.24. The van der Waals surface area contributed by atoms with Crippen LogP contribution in [-0.4, -0.2) is 25.0 Å². The van der Waals surface area contributed by atoms with Crippen LogP contribution >= 0.6 is 0 Å². The molecule has 0 bridgehead atoms. The first kappa shape index (κ1) is 17.3. The monoisotopic (exact) mass is 339 g/mol. The highest BCUT2D eigenvalue weighted by Crippen LogP contribution is 2.28. The summed E-state index contributed by atoms with van der Waals surface area (Å²) in [5.74, 6) is 0.990. The molecule has 3 rings (SSSR count). The van der Waals surface area contributed by atoms with E-state index in [-0.39, 0.29) is 11.9 Å². The average molecular weight is 339 g/mol. The minimum atomic E-state index is -0.110. The van der Waals surface area contributed by atoms with E-state index in [9.17, 15) is 4.79 Å². The fourth-order valence-corrected chi connectivity index (χ4v) is 3.30. The molecule has 2 aromatic carbocycles. The van der Waals surface area contributed by atoms with Crippen molar-refractivity contribution in [3.8, 4) is 5.75 Å². The molecule has 25 heavy (non-hydrogen) atoms. The molecular weight excluding hydrogens is 314 g/mol. The number of nitrogen functional groups attached to an aromatic ring is 2. The summed E-state index contributed by atoms with van der Waals surface area (Å²) in [5, 5.41) is 3.37. The molecule has 0 saturated carbocycles. The van der Waals surface area contributed by atoms with Crippen LogP contribution in [0.5, 0.6) is 5.75 Å². The Morgan fingerprint density at radius 3 is 2.72 bits per heavy atom. The summed E-state index contributed by atoms with van der Waals surface area (Å²) >= 11 is 0. The van der Waals surface area contributed by atoms with Crippen molar-refractivity contribution in [2.24, 2.45) is 5.92 Å². The molecule has 2 unspecified atom stereocenters. The van der Waals surface area contributed by atoms with Crippen LogP contribution in [0.3, 0.4) is 0 Å². The van der Waals surface area contributed by atoms with Gasteiger partial charge in [-0.05, 0) is 49.7 Å². The highest BCUT2D eigenvalue weighted by Gasteiger charge is 2.26. The van der Waals surface area contributed by atoms with Gasteiger partial charge in [0, 0.05) is 18.0 Å². The number of ether oxygens (including phenoxy) is 1. The topological polar surface area (TPSA) is 90.4 Å². The van der Waals surface area contributed by atoms with Gasteiger partial charge in [0.25, 0.3) is 0 Å². The van der Waals surface area contributed by atoms with Crippen LogP contribution < -0.4 is 21.5 Å². The second-order valence-corrected chi connectivity index (χ2v) is 6.49. The zero-order chi connectivity index (χ0) is 17.8. The van der Waals surface area contributed by atoms with Crippen LogP contribution in [0.25, 0.3) is 0 Å². The fraction of sp³-hybridized carbons (Fsp3) is 0.350. The third-order valence-electron chi connectivity index (χ3n) is 4.79. The van der Waals surface area contributed by atoms with Crippen molar-refractivity contribution in [1.29, 1.82) is 0 Å². The summed E-state index contributed by atoms with van der Waals surface area (Å²) in [7, 11) is 0. The Kier molecular flexibility index (Phi) is 5.24. The Balaban J connectivity index is 1.86. The molecule has 132 valence electrons. The first-order valence-electron chi connectivity index (χ1n) is 8.76. The van der Waals surface area contributed by atoms with Gasteiger partial charge in [0.05, 0.1) is 16.9 Å². The maximum absolute atomic E-state index is 12.9. The van der Waals surface area contributed by atoms with Gasteiger partial charge >= 0.3 is 0 Å². The van der Waals surface area contributed by atoms with Gasteiger partial charge in [-0.15, -0.1) is 0 Å². The normalized spacial score (nSPS) is 18.0. The van der Waals surface area contributed by atoms with Crippen molar-refractivity contribution in [3.05, 3.63) is 53.6 Å². The lowest BCUT2D eigenvalue weighted by Crippen LogP contribution is -2.28. The number of hydrogen-bond donors (Lipinski definition) is 3. The number of nitrogens with two attached hydrogens (primary N) is 2. The molecule has 5 N–H and O–H groups in total. The molecule has 0 aromatic heterocycles. The number of anilines is 2. The van der Waals surface area contributed by atoms with Crippen LogP contribution in [0, 0.1) is 5.92 Å². The molecule has 0 spiro atoms. The molecule has 5 heteroatoms. The molecule has 5 nitrogen and oxygen atoms in total. The van der Waals surface area contributed by atoms with E-state index in [1.807, 2.05) is 18.2 Å². The molecule has 1 heterocycles. The van der Waals surface area contributed by atoms with Gasteiger partial charge in [0.1, 0.15) is 11.9 Å². The molecule has 1 saturated heterocycles. The van der Waals surface area contributed by atoms with Crippen molar-refractivity contribution in [1.82, 2.24) is 5.32 Å². The number of nitrogens with one attached hydrogen (secondary N) is 1. The first-order chi connectivity index (χ1) is 12.1. The Bertz CT molecular complexity index is 754. The standard InChI is InChI=1S/C20H25N3O2/c1-2-18(14-9-10-23-12-14)25-19-6-4-3-5-15(19)20(24)13-7-8-16(21)17(22)11-13/h3-8,11,14,18,23H,2,9-10,12,21-22H2,1H3. The molecule has 1 fully saturated rings. The van der Waals surface area contributed by atoms with Crippen molar-refractivity contribution in [3.63, 3.8) is 0 Å². The molecule has 2 aromatic rings. The first-order valence-corrected chi connectivity index (χ1v) is 8.76. The van der Waals surface area contributed by atoms with Crippen LogP contribution in [0.2, 0.25) is 0 Å². The van der Waals surface area contributed by atoms with E-state index in [1.54, 1.807) is 24.3 Å². The number of carbonyl (C=O) groups excluding carboxylic acids is 1. The summed E-state index contributed by atoms with van der Waals surface area (Å²) in [6, 6.07) is 12.4. The predicted octanol–water partition coefficient (Wildman–Crippen LogP) is 2.85. The number of hydrogen-bond acceptors (Lipinski definition) is 5. The minimum Gasteiger partial charge on any atom is -0.489 e. The second-order valence-electron chi connectivity index (χ2n) is 6.49. The van der Waals surface area contributed by atoms with Crippen molar-refractivity contribution < 1.29 is 9.53 Å². The smallest absolute Gasteiger partial charge is 0.196 e. The number of carbonyl (C=O) groups is 1. The molecule has 0 amide bonds. The zero-order valence-electron chi connectivity index (χ0n) is 14.5. The number of ketones is 1. The lowest BCUT2D eigenvalue weighted by atomic mass is 9.98. The lowest BCUT2D eigenvalue weighted by molar-refractivity contribution is 0.102. The number of rotatable bonds is 6. The highest BCUT2D eigenvalue weighted by atomic mass is 16.5. The van der Waals surface area contributed by atoms with Crippen molar-refractivity contribution in [2.75, 3.05) is 24.6 Å². The second kappa shape index (κ2) is 7.57. The van der Waals surface area contributed by atoms with Gasteiger partial charge in [-0.1, -0.05) is 19.1 Å². The molecule has 1 aliphatic rings. The SMILES string of the molecule is CCC(Oc1ccccc1C(=O)c1ccc(N)c(N)c1)C1CCNC1. The third kappa shape index (κ3) is 3.77. The van der Waals surface area contributed by atoms with Crippen molar-refractivity contribution >= 4 is 17.2 Å². The quantitative estimate of drug-likeness (QED) is 0.556. The van der Waals surface area contributed by atoms with Crippen LogP contribution in [0.4, 0.5) is 11.4 Å². The van der Waals surface area contributed by atoms with Crippen LogP contribution in [-0.2, 0) is 0 Å². The highest BCUT2D eigenvalue weighted by molar-refractivity contribution is 6.11. The molecule has 2 atom stereocenters. The maximum Gasteiger partial charge on any atom is 0.196 e. The Hall–Kier alpha value is -2.53. The zero-order valence-corrected chi connectivity index (χ0v) is 14.5. The largest absolute Gasteiger partial charge is 0.489 e. The van der Waals surface area contributed by atoms with Gasteiger partial charge < -0.3 is 21.5 Å². The van der Waals surface area contributed by atoms with E-state index in [1.165, 1.54) is 0 Å². The van der Waals surface area contributed by atoms with Gasteiger partial charge in [-0.2, -0.15) is 0 Å². The van der Waals surface area contributed by atoms with Gasteiger partial charge in [0.15, 0.2) is 5.78 Å². The van der Waals surface area contributed by atoms with Gasteiger partial charge in [-0.25, -0.2) is 0 Å². The molecule has 0 aliphatic carbocycles. The average Bonchev–Trinajstić information content (AvgIpc) is 3.16. The summed E-state index contributed by atoms with van der Waals surface area (Å²) in [5.41, 5.74) is 13.5. The summed E-state index contributed by atoms with van der Waals surface area (Å²) < 4.78 is 6.26. The Morgan fingerprint density at radius 2 is 2.04 bits per heavy atom. The fourth-order valence-electron chi connectivity index (χ4n) is 3.30. The maximum atomic E-state index is 12.9. The molecule has 1 aliphatic heterocycles. The van der Waals surface area contributed by atoms with E-state index in [4.69, 9.17) is 16.2 Å². The third-order valence-corrected chi connectivity index (χ3v) is 4.79. The summed E-state index contributed by atoms with van der Waals surface area (Å²) in [6.07, 6.45) is 2.10. The van der Waals surface area contributed by atoms with Crippen LogP contribution in [0.15, 0.2) is 42.5 Å². The molecular formula is C20H25N3O2. The predicted molar refractivity (Wildman–Crippen MR) is 101 cm³/mol. The van der Waals surface area contributed by atoms with E-state index >= 15 is 0 Å². The Labute approximate surface area is 148 Å². The van der Waals surface area contributed by atoms with E-state index in [0.717, 1.165) is 25.9 Å². The Morgan fingerprint density at radius 1 is 1.24 bits per heavy atom. The minimum absolute atomic E-state index is 0.0976. The van der Waals surface area contributed by atoms with E-state index in [0.29, 0.717) is 34.2 Å². The van der Waals surface area contributed by atoms with Gasteiger partial charge in [0.2, 0.25) is 0 Å². The summed E-state index contributed by atoms with van der Waals surface area (Å²) in [6.45, 7) is 4.10. The van der Waals surface area contributed by atoms with Gasteiger partial charge in [-0.3, -0.25) is 4.79 Å². The van der Waals surface area contributed by atoms with Crippen LogP contribution in [0.1, 0.15) is 35.7 Å². The number of benzene rings is 2. The van der Waals surface area contributed by atoms with Crippen molar-refractivity contribution in [2.45, 2.75) is 25.9 Å².